The Bertz CT molecular complexity index is 1060. The second-order valence-corrected chi connectivity index (χ2v) is 8.85. The van der Waals surface area contributed by atoms with Gasteiger partial charge in [-0.3, -0.25) is 9.59 Å². The fourth-order valence-corrected chi connectivity index (χ4v) is 5.11. The van der Waals surface area contributed by atoms with Crippen molar-refractivity contribution in [1.29, 1.82) is 0 Å². The van der Waals surface area contributed by atoms with Crippen molar-refractivity contribution in [2.45, 2.75) is 37.6 Å². The minimum atomic E-state index is -0.734. The molecule has 3 aliphatic heterocycles. The Kier molecular flexibility index (Phi) is 4.51. The standard InChI is InChI=1S/C23H25FN4O3/c1-13(2)28-12-23-9-8-16(31-23)17(18(23)22(28)30)21(29)26-19(20-25-10-11-27(20)3)14-4-6-15(24)7-5-14/h4-11,13,16-19H,12H2,1-3H3,(H,26,29)/t16-,17+,18+,19-,23-/m1/s1. The smallest absolute Gasteiger partial charge is 0.230 e. The second-order valence-electron chi connectivity index (χ2n) is 8.85. The molecule has 31 heavy (non-hydrogen) atoms. The van der Waals surface area contributed by atoms with E-state index in [1.807, 2.05) is 37.6 Å². The predicted molar refractivity (Wildman–Crippen MR) is 110 cm³/mol. The molecule has 5 rings (SSSR count). The van der Waals surface area contributed by atoms with Crippen LogP contribution in [-0.4, -0.2) is 50.6 Å². The van der Waals surface area contributed by atoms with Crippen LogP contribution in [0.2, 0.25) is 0 Å². The molecule has 1 N–H and O–H groups in total. The molecule has 8 heteroatoms. The van der Waals surface area contributed by atoms with Crippen LogP contribution in [0.4, 0.5) is 4.39 Å². The highest BCUT2D eigenvalue weighted by molar-refractivity contribution is 5.93. The lowest BCUT2D eigenvalue weighted by Gasteiger charge is -2.27. The lowest BCUT2D eigenvalue weighted by molar-refractivity contribution is -0.138. The predicted octanol–water partition coefficient (Wildman–Crippen LogP) is 1.96. The summed E-state index contributed by atoms with van der Waals surface area (Å²) in [5.41, 5.74) is -0.0252. The van der Waals surface area contributed by atoms with Gasteiger partial charge in [0, 0.05) is 25.5 Å². The van der Waals surface area contributed by atoms with E-state index >= 15 is 0 Å². The van der Waals surface area contributed by atoms with Gasteiger partial charge in [-0.15, -0.1) is 0 Å². The SMILES string of the molecule is CC(C)N1C[C@@]23C=C[C@@H](O2)[C@H](C(=O)N[C@H](c2ccc(F)cc2)c2nccn2C)[C@H]3C1=O. The van der Waals surface area contributed by atoms with Crippen molar-refractivity contribution in [3.63, 3.8) is 0 Å². The van der Waals surface area contributed by atoms with Crippen molar-refractivity contribution in [3.05, 3.63) is 66.0 Å². The molecule has 2 amide bonds. The molecule has 2 bridgehead atoms. The van der Waals surface area contributed by atoms with Gasteiger partial charge in [0.2, 0.25) is 11.8 Å². The highest BCUT2D eigenvalue weighted by Gasteiger charge is 2.67. The number of nitrogens with zero attached hydrogens (tertiary/aromatic N) is 3. The van der Waals surface area contributed by atoms with E-state index in [-0.39, 0.29) is 23.7 Å². The minimum Gasteiger partial charge on any atom is -0.360 e. The van der Waals surface area contributed by atoms with Crippen molar-refractivity contribution in [2.24, 2.45) is 18.9 Å². The van der Waals surface area contributed by atoms with E-state index in [9.17, 15) is 14.0 Å². The molecule has 162 valence electrons. The summed E-state index contributed by atoms with van der Waals surface area (Å²) in [4.78, 5) is 32.9. The van der Waals surface area contributed by atoms with Gasteiger partial charge in [0.15, 0.2) is 0 Å². The second kappa shape index (κ2) is 7.02. The van der Waals surface area contributed by atoms with Gasteiger partial charge in [-0.2, -0.15) is 0 Å². The topological polar surface area (TPSA) is 76.5 Å². The first-order valence-electron chi connectivity index (χ1n) is 10.5. The van der Waals surface area contributed by atoms with Crippen LogP contribution < -0.4 is 5.32 Å². The minimum absolute atomic E-state index is 0.0340. The number of imidazole rings is 1. The Labute approximate surface area is 179 Å². The summed E-state index contributed by atoms with van der Waals surface area (Å²) in [6.07, 6.45) is 6.85. The number of carbonyl (C=O) groups is 2. The van der Waals surface area contributed by atoms with E-state index in [0.717, 1.165) is 0 Å². The summed E-state index contributed by atoms with van der Waals surface area (Å²) in [6, 6.07) is 5.44. The number of amides is 2. The molecule has 0 aliphatic carbocycles. The molecule has 5 atom stereocenters. The highest BCUT2D eigenvalue weighted by atomic mass is 19.1. The summed E-state index contributed by atoms with van der Waals surface area (Å²) in [5.74, 6) is -1.21. The summed E-state index contributed by atoms with van der Waals surface area (Å²) >= 11 is 0. The number of hydrogen-bond acceptors (Lipinski definition) is 4. The molecule has 2 aromatic rings. The zero-order valence-electron chi connectivity index (χ0n) is 17.7. The number of fused-ring (bicyclic) bond motifs is 1. The third-order valence-corrected chi connectivity index (χ3v) is 6.66. The number of benzene rings is 1. The Morgan fingerprint density at radius 1 is 1.32 bits per heavy atom. The van der Waals surface area contributed by atoms with Crippen LogP contribution in [0.1, 0.15) is 31.3 Å². The largest absolute Gasteiger partial charge is 0.360 e. The normalized spacial score (nSPS) is 29.6. The fourth-order valence-electron chi connectivity index (χ4n) is 5.11. The molecule has 1 spiro atoms. The van der Waals surface area contributed by atoms with E-state index < -0.39 is 29.6 Å². The van der Waals surface area contributed by atoms with Crippen LogP contribution in [0.5, 0.6) is 0 Å². The number of aryl methyl sites for hydroxylation is 1. The Balaban J connectivity index is 1.46. The number of hydrogen-bond donors (Lipinski definition) is 1. The summed E-state index contributed by atoms with van der Waals surface area (Å²) < 4.78 is 21.5. The third kappa shape index (κ3) is 3.00. The maximum atomic E-state index is 13.5. The van der Waals surface area contributed by atoms with Gasteiger partial charge < -0.3 is 19.5 Å². The number of likely N-dealkylation sites (tertiary alicyclic amines) is 1. The molecule has 0 unspecified atom stereocenters. The summed E-state index contributed by atoms with van der Waals surface area (Å²) in [7, 11) is 1.84. The molecule has 0 radical (unpaired) electrons. The zero-order chi connectivity index (χ0) is 21.9. The number of nitrogens with one attached hydrogen (secondary N) is 1. The van der Waals surface area contributed by atoms with Gasteiger partial charge in [-0.1, -0.05) is 24.3 Å². The first-order chi connectivity index (χ1) is 14.8. The van der Waals surface area contributed by atoms with E-state index in [4.69, 9.17) is 4.74 Å². The Hall–Kier alpha value is -3.00. The molecule has 7 nitrogen and oxygen atoms in total. The van der Waals surface area contributed by atoms with Gasteiger partial charge in [-0.05, 0) is 31.5 Å². The third-order valence-electron chi connectivity index (χ3n) is 6.66. The summed E-state index contributed by atoms with van der Waals surface area (Å²) in [5, 5.41) is 3.07. The van der Waals surface area contributed by atoms with Crippen LogP contribution >= 0.6 is 0 Å². The molecule has 0 saturated carbocycles. The molecule has 2 saturated heterocycles. The molecule has 2 fully saturated rings. The van der Waals surface area contributed by atoms with E-state index in [0.29, 0.717) is 17.9 Å². The van der Waals surface area contributed by atoms with Crippen molar-refractivity contribution >= 4 is 11.8 Å². The lowest BCUT2D eigenvalue weighted by Crippen LogP contribution is -2.45. The molecule has 1 aromatic heterocycles. The van der Waals surface area contributed by atoms with Crippen molar-refractivity contribution in [3.8, 4) is 0 Å². The molecular formula is C23H25FN4O3. The van der Waals surface area contributed by atoms with Gasteiger partial charge in [0.1, 0.15) is 23.3 Å². The summed E-state index contributed by atoms with van der Waals surface area (Å²) in [6.45, 7) is 4.39. The monoisotopic (exact) mass is 424 g/mol. The quantitative estimate of drug-likeness (QED) is 0.745. The van der Waals surface area contributed by atoms with Gasteiger partial charge in [0.05, 0.1) is 24.5 Å². The van der Waals surface area contributed by atoms with Crippen LogP contribution in [0.3, 0.4) is 0 Å². The van der Waals surface area contributed by atoms with Crippen LogP contribution in [0.15, 0.2) is 48.8 Å². The van der Waals surface area contributed by atoms with Crippen molar-refractivity contribution < 1.29 is 18.7 Å². The number of aromatic nitrogens is 2. The zero-order valence-corrected chi connectivity index (χ0v) is 17.7. The Morgan fingerprint density at radius 2 is 2.06 bits per heavy atom. The van der Waals surface area contributed by atoms with Gasteiger partial charge in [0.25, 0.3) is 0 Å². The molecule has 1 aromatic carbocycles. The van der Waals surface area contributed by atoms with Crippen LogP contribution in [-0.2, 0) is 21.4 Å². The van der Waals surface area contributed by atoms with Gasteiger partial charge >= 0.3 is 0 Å². The van der Waals surface area contributed by atoms with Gasteiger partial charge in [-0.25, -0.2) is 9.37 Å². The van der Waals surface area contributed by atoms with E-state index in [2.05, 4.69) is 10.3 Å². The molecule has 3 aliphatic rings. The maximum Gasteiger partial charge on any atom is 0.230 e. The number of halogens is 1. The average Bonchev–Trinajstić information content (AvgIpc) is 3.48. The molecular weight excluding hydrogens is 399 g/mol. The van der Waals surface area contributed by atoms with Crippen LogP contribution in [0, 0.1) is 17.7 Å². The first kappa shape index (κ1) is 19.9. The van der Waals surface area contributed by atoms with Crippen molar-refractivity contribution in [1.82, 2.24) is 19.8 Å². The highest BCUT2D eigenvalue weighted by Crippen LogP contribution is 2.52. The van der Waals surface area contributed by atoms with E-state index in [1.54, 1.807) is 29.4 Å². The number of ether oxygens (including phenoxy) is 1. The number of carbonyl (C=O) groups excluding carboxylic acids is 2. The average molecular weight is 424 g/mol. The van der Waals surface area contributed by atoms with Crippen LogP contribution in [0.25, 0.3) is 0 Å². The lowest BCUT2D eigenvalue weighted by atomic mass is 9.76. The van der Waals surface area contributed by atoms with E-state index in [1.165, 1.54) is 12.1 Å². The fraction of sp³-hybridized carbons (Fsp3) is 0.435. The number of rotatable bonds is 5. The first-order valence-corrected chi connectivity index (χ1v) is 10.5. The maximum absolute atomic E-state index is 13.5. The van der Waals surface area contributed by atoms with Crippen molar-refractivity contribution in [2.75, 3.05) is 6.54 Å². The Morgan fingerprint density at radius 3 is 2.71 bits per heavy atom. The molecule has 4 heterocycles.